The molecule has 6 nitrogen and oxygen atoms in total. The van der Waals surface area contributed by atoms with Gasteiger partial charge in [0, 0.05) is 17.6 Å². The molecule has 0 radical (unpaired) electrons. The summed E-state index contributed by atoms with van der Waals surface area (Å²) in [5.74, 6) is -0.375. The average Bonchev–Trinajstić information content (AvgIpc) is 2.95. The minimum absolute atomic E-state index is 0.0113. The molecule has 0 aliphatic carbocycles. The Labute approximate surface area is 139 Å². The number of halogens is 3. The van der Waals surface area contributed by atoms with E-state index in [0.717, 1.165) is 23.5 Å². The van der Waals surface area contributed by atoms with Gasteiger partial charge in [-0.25, -0.2) is 9.78 Å². The fourth-order valence-electron chi connectivity index (χ4n) is 1.72. The van der Waals surface area contributed by atoms with Crippen LogP contribution in [-0.4, -0.2) is 23.5 Å². The van der Waals surface area contributed by atoms with E-state index in [2.05, 4.69) is 20.9 Å². The minimum atomic E-state index is -4.50. The molecule has 2 aromatic rings. The van der Waals surface area contributed by atoms with Crippen LogP contribution in [0.1, 0.15) is 23.0 Å². The molecule has 0 fully saturated rings. The van der Waals surface area contributed by atoms with Crippen LogP contribution < -0.4 is 16.0 Å². The number of thiazole rings is 1. The second kappa shape index (κ2) is 7.30. The first kappa shape index (κ1) is 17.7. The first-order valence-electron chi connectivity index (χ1n) is 6.78. The molecule has 10 heteroatoms. The van der Waals surface area contributed by atoms with Crippen molar-refractivity contribution >= 4 is 34.1 Å². The van der Waals surface area contributed by atoms with Gasteiger partial charge in [0.05, 0.1) is 5.56 Å². The number of anilines is 2. The number of carbonyl (C=O) groups excluding carboxylic acids is 2. The van der Waals surface area contributed by atoms with Crippen LogP contribution in [-0.2, 0) is 6.18 Å². The lowest BCUT2D eigenvalue weighted by molar-refractivity contribution is -0.137. The molecule has 0 aliphatic rings. The second-order valence-corrected chi connectivity index (χ2v) is 5.41. The van der Waals surface area contributed by atoms with Gasteiger partial charge < -0.3 is 10.6 Å². The van der Waals surface area contributed by atoms with Gasteiger partial charge in [0.15, 0.2) is 5.13 Å². The molecule has 3 N–H and O–H groups in total. The predicted molar refractivity (Wildman–Crippen MR) is 84.2 cm³/mol. The van der Waals surface area contributed by atoms with E-state index >= 15 is 0 Å². The summed E-state index contributed by atoms with van der Waals surface area (Å²) in [6, 6.07) is 3.49. The van der Waals surface area contributed by atoms with Crippen LogP contribution in [0, 0.1) is 0 Å². The highest BCUT2D eigenvalue weighted by Gasteiger charge is 2.30. The lowest BCUT2D eigenvalue weighted by atomic mass is 10.2. The Hall–Kier alpha value is -2.62. The van der Waals surface area contributed by atoms with Crippen molar-refractivity contribution in [2.75, 3.05) is 17.2 Å². The third-order valence-electron chi connectivity index (χ3n) is 2.74. The van der Waals surface area contributed by atoms with Crippen LogP contribution in [0.25, 0.3) is 0 Å². The Bertz CT molecular complexity index is 746. The Morgan fingerprint density at radius 3 is 2.67 bits per heavy atom. The molecule has 3 amide bonds. The highest BCUT2D eigenvalue weighted by Crippen LogP contribution is 2.30. The van der Waals surface area contributed by atoms with Crippen molar-refractivity contribution in [2.45, 2.75) is 13.1 Å². The molecule has 1 aromatic heterocycles. The molecule has 1 aromatic carbocycles. The van der Waals surface area contributed by atoms with E-state index in [0.29, 0.717) is 6.54 Å². The summed E-state index contributed by atoms with van der Waals surface area (Å²) in [6.45, 7) is 2.20. The van der Waals surface area contributed by atoms with Crippen molar-refractivity contribution in [1.82, 2.24) is 10.3 Å². The topological polar surface area (TPSA) is 83.1 Å². The van der Waals surface area contributed by atoms with Crippen molar-refractivity contribution in [3.8, 4) is 0 Å². The predicted octanol–water partition coefficient (Wildman–Crippen LogP) is 3.56. The number of hydrogen-bond acceptors (Lipinski definition) is 4. The molecular formula is C14H13F3N4O2S. The number of hydrogen-bond donors (Lipinski definition) is 3. The van der Waals surface area contributed by atoms with Crippen LogP contribution in [0.15, 0.2) is 29.6 Å². The lowest BCUT2D eigenvalue weighted by Crippen LogP contribution is -2.23. The number of amides is 3. The molecular weight excluding hydrogens is 345 g/mol. The number of urea groups is 1. The fourth-order valence-corrected chi connectivity index (χ4v) is 2.40. The zero-order valence-corrected chi connectivity index (χ0v) is 13.2. The normalized spacial score (nSPS) is 11.0. The Balaban J connectivity index is 2.00. The zero-order valence-electron chi connectivity index (χ0n) is 12.4. The molecule has 0 saturated heterocycles. The van der Waals surface area contributed by atoms with Gasteiger partial charge in [0.25, 0.3) is 5.91 Å². The number of nitrogens with zero attached hydrogens (tertiary/aromatic N) is 1. The first-order chi connectivity index (χ1) is 11.3. The third kappa shape index (κ3) is 4.69. The van der Waals surface area contributed by atoms with E-state index in [1.165, 1.54) is 17.5 Å². The summed E-state index contributed by atoms with van der Waals surface area (Å²) in [7, 11) is 0. The van der Waals surface area contributed by atoms with Crippen LogP contribution in [0.2, 0.25) is 0 Å². The SMILES string of the molecule is CCNC(=O)c1csc(NC(=O)Nc2cccc(C(F)(F)F)c2)n1. The number of benzene rings is 1. The molecule has 1 heterocycles. The van der Waals surface area contributed by atoms with Gasteiger partial charge in [0.1, 0.15) is 5.69 Å². The van der Waals surface area contributed by atoms with E-state index in [-0.39, 0.29) is 22.4 Å². The van der Waals surface area contributed by atoms with Crippen molar-refractivity contribution in [1.29, 1.82) is 0 Å². The zero-order chi connectivity index (χ0) is 17.7. The first-order valence-corrected chi connectivity index (χ1v) is 7.66. The van der Waals surface area contributed by atoms with Gasteiger partial charge in [0.2, 0.25) is 0 Å². The standard InChI is InChI=1S/C14H13F3N4O2S/c1-2-18-11(22)10-7-24-13(20-10)21-12(23)19-9-5-3-4-8(6-9)14(15,16)17/h3-7H,2H2,1H3,(H,18,22)(H2,19,20,21,23). The summed E-state index contributed by atoms with van der Waals surface area (Å²) in [4.78, 5) is 27.3. The maximum atomic E-state index is 12.6. The van der Waals surface area contributed by atoms with Gasteiger partial charge in [-0.3, -0.25) is 10.1 Å². The second-order valence-electron chi connectivity index (χ2n) is 4.56. The lowest BCUT2D eigenvalue weighted by Gasteiger charge is -2.09. The van der Waals surface area contributed by atoms with Crippen LogP contribution >= 0.6 is 11.3 Å². The molecule has 0 spiro atoms. The molecule has 128 valence electrons. The largest absolute Gasteiger partial charge is 0.416 e. The van der Waals surface area contributed by atoms with Gasteiger partial charge in [-0.15, -0.1) is 11.3 Å². The molecule has 0 bridgehead atoms. The fraction of sp³-hybridized carbons (Fsp3) is 0.214. The molecule has 0 unspecified atom stereocenters. The van der Waals surface area contributed by atoms with Crippen molar-refractivity contribution in [3.05, 3.63) is 40.9 Å². The highest BCUT2D eigenvalue weighted by atomic mass is 32.1. The Morgan fingerprint density at radius 2 is 2.00 bits per heavy atom. The van der Waals surface area contributed by atoms with E-state index < -0.39 is 17.8 Å². The summed E-state index contributed by atoms with van der Waals surface area (Å²) in [6.07, 6.45) is -4.50. The summed E-state index contributed by atoms with van der Waals surface area (Å²) >= 11 is 1.03. The molecule has 2 rings (SSSR count). The molecule has 0 atom stereocenters. The van der Waals surface area contributed by atoms with Crippen LogP contribution in [0.5, 0.6) is 0 Å². The quantitative estimate of drug-likeness (QED) is 0.781. The number of aromatic nitrogens is 1. The van der Waals surface area contributed by atoms with E-state index in [1.807, 2.05) is 0 Å². The van der Waals surface area contributed by atoms with Gasteiger partial charge in [-0.2, -0.15) is 13.2 Å². The monoisotopic (exact) mass is 358 g/mol. The minimum Gasteiger partial charge on any atom is -0.351 e. The number of carbonyl (C=O) groups is 2. The Kier molecular flexibility index (Phi) is 5.39. The van der Waals surface area contributed by atoms with Gasteiger partial charge >= 0.3 is 12.2 Å². The third-order valence-corrected chi connectivity index (χ3v) is 3.50. The van der Waals surface area contributed by atoms with Crippen molar-refractivity contribution < 1.29 is 22.8 Å². The number of nitrogens with one attached hydrogen (secondary N) is 3. The maximum Gasteiger partial charge on any atom is 0.416 e. The molecule has 0 saturated carbocycles. The smallest absolute Gasteiger partial charge is 0.351 e. The summed E-state index contributed by atoms with van der Waals surface area (Å²) < 4.78 is 37.9. The van der Waals surface area contributed by atoms with Gasteiger partial charge in [-0.05, 0) is 25.1 Å². The maximum absolute atomic E-state index is 12.6. The summed E-state index contributed by atoms with van der Waals surface area (Å²) in [5.41, 5.74) is -0.730. The van der Waals surface area contributed by atoms with Crippen molar-refractivity contribution in [3.63, 3.8) is 0 Å². The average molecular weight is 358 g/mol. The van der Waals surface area contributed by atoms with Crippen molar-refractivity contribution in [2.24, 2.45) is 0 Å². The van der Waals surface area contributed by atoms with Crippen LogP contribution in [0.4, 0.5) is 28.8 Å². The summed E-state index contributed by atoms with van der Waals surface area (Å²) in [5, 5.41) is 8.82. The highest BCUT2D eigenvalue weighted by molar-refractivity contribution is 7.14. The van der Waals surface area contributed by atoms with E-state index in [4.69, 9.17) is 0 Å². The molecule has 24 heavy (non-hydrogen) atoms. The van der Waals surface area contributed by atoms with E-state index in [1.54, 1.807) is 6.92 Å². The Morgan fingerprint density at radius 1 is 1.25 bits per heavy atom. The van der Waals surface area contributed by atoms with E-state index in [9.17, 15) is 22.8 Å². The number of alkyl halides is 3. The molecule has 0 aliphatic heterocycles. The number of rotatable bonds is 4. The van der Waals surface area contributed by atoms with Crippen LogP contribution in [0.3, 0.4) is 0 Å². The van der Waals surface area contributed by atoms with Gasteiger partial charge in [-0.1, -0.05) is 6.07 Å².